The van der Waals surface area contributed by atoms with E-state index in [4.69, 9.17) is 4.74 Å². The second-order valence-corrected chi connectivity index (χ2v) is 6.65. The maximum atomic E-state index is 12.5. The lowest BCUT2D eigenvalue weighted by molar-refractivity contribution is 0.0428. The van der Waals surface area contributed by atoms with Crippen molar-refractivity contribution in [3.63, 3.8) is 0 Å². The van der Waals surface area contributed by atoms with Gasteiger partial charge in [-0.15, -0.1) is 0 Å². The largest absolute Gasteiger partial charge is 0.484 e. The van der Waals surface area contributed by atoms with Crippen LogP contribution in [0.15, 0.2) is 41.1 Å². The number of nitrogens with zero attached hydrogens (tertiary/aromatic N) is 1. The van der Waals surface area contributed by atoms with Gasteiger partial charge in [0.05, 0.1) is 24.1 Å². The first kappa shape index (κ1) is 13.5. The molecule has 22 heavy (non-hydrogen) atoms. The highest BCUT2D eigenvalue weighted by Crippen LogP contribution is 2.38. The molecule has 1 aromatic carbocycles. The van der Waals surface area contributed by atoms with Crippen molar-refractivity contribution in [1.82, 2.24) is 4.90 Å². The van der Waals surface area contributed by atoms with E-state index in [1.165, 1.54) is 11.3 Å². The summed E-state index contributed by atoms with van der Waals surface area (Å²) in [6, 6.07) is 9.18. The zero-order valence-electron chi connectivity index (χ0n) is 12.0. The van der Waals surface area contributed by atoms with Gasteiger partial charge in [0.25, 0.3) is 5.91 Å². The average molecular weight is 313 g/mol. The number of ketones is 1. The molecule has 5 heteroatoms. The molecule has 112 valence electrons. The van der Waals surface area contributed by atoms with E-state index in [1.807, 2.05) is 35.0 Å². The van der Waals surface area contributed by atoms with Crippen LogP contribution in [0.5, 0.6) is 5.75 Å². The van der Waals surface area contributed by atoms with E-state index >= 15 is 0 Å². The Hall–Kier alpha value is -2.14. The Morgan fingerprint density at radius 1 is 1.27 bits per heavy atom. The molecule has 0 aliphatic carbocycles. The van der Waals surface area contributed by atoms with Gasteiger partial charge in [0, 0.05) is 18.3 Å². The first-order chi connectivity index (χ1) is 10.7. The Morgan fingerprint density at radius 2 is 2.14 bits per heavy atom. The second-order valence-electron chi connectivity index (χ2n) is 5.87. The Balaban J connectivity index is 1.58. The second kappa shape index (κ2) is 4.95. The van der Waals surface area contributed by atoms with E-state index in [2.05, 4.69) is 0 Å². The van der Waals surface area contributed by atoms with Crippen molar-refractivity contribution in [2.24, 2.45) is 0 Å². The van der Waals surface area contributed by atoms with Gasteiger partial charge in [0.2, 0.25) is 0 Å². The summed E-state index contributed by atoms with van der Waals surface area (Å²) < 4.78 is 6.14. The van der Waals surface area contributed by atoms with Crippen LogP contribution in [-0.4, -0.2) is 35.3 Å². The standard InChI is InChI=1S/C17H15NO3S/c19-14-9-17(21-15-4-2-1-3-13(14)15)6-7-18(11-17)16(20)12-5-8-22-10-12/h1-5,8,10H,6-7,9,11H2/t17-/m1/s1. The van der Waals surface area contributed by atoms with Gasteiger partial charge in [-0.25, -0.2) is 0 Å². The van der Waals surface area contributed by atoms with Crippen LogP contribution >= 0.6 is 11.3 Å². The van der Waals surface area contributed by atoms with Gasteiger partial charge in [0.15, 0.2) is 5.78 Å². The number of carbonyl (C=O) groups is 2. The summed E-state index contributed by atoms with van der Waals surface area (Å²) in [4.78, 5) is 26.6. The van der Waals surface area contributed by atoms with Crippen molar-refractivity contribution >= 4 is 23.0 Å². The van der Waals surface area contributed by atoms with Crippen LogP contribution < -0.4 is 4.74 Å². The molecule has 3 heterocycles. The van der Waals surface area contributed by atoms with E-state index in [-0.39, 0.29) is 11.7 Å². The molecule has 1 saturated heterocycles. The number of ether oxygens (including phenoxy) is 1. The summed E-state index contributed by atoms with van der Waals surface area (Å²) in [5, 5.41) is 3.76. The van der Waals surface area contributed by atoms with Gasteiger partial charge < -0.3 is 9.64 Å². The van der Waals surface area contributed by atoms with E-state index in [0.717, 1.165) is 0 Å². The number of benzene rings is 1. The van der Waals surface area contributed by atoms with Crippen LogP contribution in [0.25, 0.3) is 0 Å². The summed E-state index contributed by atoms with van der Waals surface area (Å²) in [5.74, 6) is 0.767. The van der Waals surface area contributed by atoms with Crippen molar-refractivity contribution in [1.29, 1.82) is 0 Å². The predicted molar refractivity (Wildman–Crippen MR) is 83.6 cm³/mol. The van der Waals surface area contributed by atoms with Crippen molar-refractivity contribution in [3.05, 3.63) is 52.2 Å². The molecule has 1 atom stereocenters. The molecule has 0 radical (unpaired) electrons. The number of Topliss-reactive ketones (excluding diaryl/α,β-unsaturated/α-hetero) is 1. The number of thiophene rings is 1. The summed E-state index contributed by atoms with van der Waals surface area (Å²) in [6.45, 7) is 1.10. The fraction of sp³-hybridized carbons (Fsp3) is 0.294. The van der Waals surface area contributed by atoms with Gasteiger partial charge >= 0.3 is 0 Å². The van der Waals surface area contributed by atoms with Crippen LogP contribution in [0.4, 0.5) is 0 Å². The Morgan fingerprint density at radius 3 is 2.95 bits per heavy atom. The first-order valence-corrected chi connectivity index (χ1v) is 8.24. The van der Waals surface area contributed by atoms with Crippen molar-refractivity contribution < 1.29 is 14.3 Å². The number of amides is 1. The van der Waals surface area contributed by atoms with Gasteiger partial charge in [-0.1, -0.05) is 12.1 Å². The maximum absolute atomic E-state index is 12.5. The van der Waals surface area contributed by atoms with E-state index in [0.29, 0.717) is 42.8 Å². The molecule has 2 aliphatic heterocycles. The zero-order chi connectivity index (χ0) is 15.2. The molecule has 1 fully saturated rings. The van der Waals surface area contributed by atoms with Crippen LogP contribution in [0.2, 0.25) is 0 Å². The minimum atomic E-state index is -0.558. The van der Waals surface area contributed by atoms with E-state index in [1.54, 1.807) is 11.0 Å². The SMILES string of the molecule is O=C1C[C@@]2(CCN(C(=O)c3ccsc3)C2)Oc2ccccc21. The van der Waals surface area contributed by atoms with E-state index < -0.39 is 5.60 Å². The van der Waals surface area contributed by atoms with Gasteiger partial charge in [-0.2, -0.15) is 11.3 Å². The lowest BCUT2D eigenvalue weighted by Gasteiger charge is -2.34. The normalized spacial score (nSPS) is 23.5. The minimum absolute atomic E-state index is 0.0213. The van der Waals surface area contributed by atoms with Crippen LogP contribution in [-0.2, 0) is 0 Å². The quantitative estimate of drug-likeness (QED) is 0.813. The van der Waals surface area contributed by atoms with Crippen molar-refractivity contribution in [2.75, 3.05) is 13.1 Å². The predicted octanol–water partition coefficient (Wildman–Crippen LogP) is 3.00. The molecule has 0 bridgehead atoms. The number of hydrogen-bond donors (Lipinski definition) is 0. The number of hydrogen-bond acceptors (Lipinski definition) is 4. The average Bonchev–Trinajstić information content (AvgIpc) is 3.17. The third-order valence-electron chi connectivity index (χ3n) is 4.37. The summed E-state index contributed by atoms with van der Waals surface area (Å²) in [5.41, 5.74) is 0.803. The molecule has 0 saturated carbocycles. The van der Waals surface area contributed by atoms with E-state index in [9.17, 15) is 9.59 Å². The fourth-order valence-electron chi connectivity index (χ4n) is 3.26. The number of rotatable bonds is 1. The number of fused-ring (bicyclic) bond motifs is 1. The molecule has 4 rings (SSSR count). The lowest BCUT2D eigenvalue weighted by atomic mass is 9.89. The van der Waals surface area contributed by atoms with Crippen molar-refractivity contribution in [2.45, 2.75) is 18.4 Å². The third-order valence-corrected chi connectivity index (χ3v) is 5.05. The highest BCUT2D eigenvalue weighted by molar-refractivity contribution is 7.08. The van der Waals surface area contributed by atoms with Crippen LogP contribution in [0, 0.1) is 0 Å². The number of likely N-dealkylation sites (tertiary alicyclic amines) is 1. The monoisotopic (exact) mass is 313 g/mol. The maximum Gasteiger partial charge on any atom is 0.254 e. The Kier molecular flexibility index (Phi) is 3.04. The van der Waals surface area contributed by atoms with Gasteiger partial charge in [-0.3, -0.25) is 9.59 Å². The molecule has 0 N–H and O–H groups in total. The number of para-hydroxylation sites is 1. The lowest BCUT2D eigenvalue weighted by Crippen LogP contribution is -2.45. The zero-order valence-corrected chi connectivity index (χ0v) is 12.8. The molecule has 2 aromatic rings. The molecule has 0 unspecified atom stereocenters. The molecular weight excluding hydrogens is 298 g/mol. The van der Waals surface area contributed by atoms with Gasteiger partial charge in [0.1, 0.15) is 11.4 Å². The van der Waals surface area contributed by atoms with Crippen LogP contribution in [0.3, 0.4) is 0 Å². The Bertz CT molecular complexity index is 740. The minimum Gasteiger partial charge on any atom is -0.484 e. The molecule has 2 aliphatic rings. The highest BCUT2D eigenvalue weighted by atomic mass is 32.1. The fourth-order valence-corrected chi connectivity index (χ4v) is 3.89. The molecule has 1 amide bonds. The van der Waals surface area contributed by atoms with Gasteiger partial charge in [-0.05, 0) is 23.6 Å². The number of carbonyl (C=O) groups excluding carboxylic acids is 2. The van der Waals surface area contributed by atoms with Crippen LogP contribution in [0.1, 0.15) is 33.6 Å². The molecule has 1 aromatic heterocycles. The summed E-state index contributed by atoms with van der Waals surface area (Å²) >= 11 is 1.51. The Labute approximate surface area is 132 Å². The summed E-state index contributed by atoms with van der Waals surface area (Å²) in [7, 11) is 0. The molecule has 1 spiro atoms. The van der Waals surface area contributed by atoms with Crippen molar-refractivity contribution in [3.8, 4) is 5.75 Å². The first-order valence-electron chi connectivity index (χ1n) is 7.30. The smallest absolute Gasteiger partial charge is 0.254 e. The molecule has 4 nitrogen and oxygen atoms in total. The third kappa shape index (κ3) is 2.13. The highest BCUT2D eigenvalue weighted by Gasteiger charge is 2.46. The summed E-state index contributed by atoms with van der Waals surface area (Å²) in [6.07, 6.45) is 1.04. The molecular formula is C17H15NO3S. The topological polar surface area (TPSA) is 46.6 Å².